The summed E-state index contributed by atoms with van der Waals surface area (Å²) in [6, 6.07) is 12.4. The number of aromatic nitrogens is 2. The van der Waals surface area contributed by atoms with Crippen molar-refractivity contribution in [2.24, 2.45) is 0 Å². The zero-order chi connectivity index (χ0) is 17.3. The maximum Gasteiger partial charge on any atom is 0.375 e. The number of carbonyl (C=O) groups excluding carboxylic acids is 1. The zero-order valence-corrected chi connectivity index (χ0v) is 14.8. The molecule has 0 amide bonds. The van der Waals surface area contributed by atoms with Gasteiger partial charge in [-0.2, -0.15) is 0 Å². The number of para-hydroxylation sites is 1. The van der Waals surface area contributed by atoms with Crippen LogP contribution in [0.1, 0.15) is 23.1 Å². The minimum absolute atomic E-state index is 0.0222. The molecule has 0 bridgehead atoms. The summed E-state index contributed by atoms with van der Waals surface area (Å²) in [5, 5.41) is 0.452. The monoisotopic (exact) mass is 386 g/mol. The molecule has 0 aliphatic carbocycles. The van der Waals surface area contributed by atoms with E-state index in [1.54, 1.807) is 37.3 Å². The Balaban J connectivity index is 2.39. The maximum absolute atomic E-state index is 13.0. The lowest BCUT2D eigenvalue weighted by atomic mass is 10.2. The number of carbonyl (C=O) groups is 1. The molecule has 24 heavy (non-hydrogen) atoms. The number of hydrogen-bond acceptors (Lipinski definition) is 4. The molecular weight excluding hydrogens is 372 g/mol. The minimum Gasteiger partial charge on any atom is -0.460 e. The van der Waals surface area contributed by atoms with Gasteiger partial charge in [-0.3, -0.25) is 9.36 Å². The van der Waals surface area contributed by atoms with Crippen LogP contribution in [0.25, 0.3) is 16.6 Å². The van der Waals surface area contributed by atoms with Crippen molar-refractivity contribution in [3.63, 3.8) is 0 Å². The van der Waals surface area contributed by atoms with Crippen LogP contribution in [0, 0.1) is 6.92 Å². The van der Waals surface area contributed by atoms with E-state index < -0.39 is 5.97 Å². The fourth-order valence-corrected chi connectivity index (χ4v) is 3.03. The first-order valence-corrected chi connectivity index (χ1v) is 8.27. The summed E-state index contributed by atoms with van der Waals surface area (Å²) >= 11 is 3.40. The van der Waals surface area contributed by atoms with Crippen LogP contribution in [0.3, 0.4) is 0 Å². The van der Waals surface area contributed by atoms with Crippen molar-refractivity contribution in [3.05, 3.63) is 68.7 Å². The molecule has 1 heterocycles. The molecule has 122 valence electrons. The number of ether oxygens (including phenoxy) is 1. The molecule has 0 unspecified atom stereocenters. The molecule has 0 saturated heterocycles. The van der Waals surface area contributed by atoms with Crippen molar-refractivity contribution in [1.29, 1.82) is 0 Å². The maximum atomic E-state index is 13.0. The molecule has 1 aromatic heterocycles. The van der Waals surface area contributed by atoms with Crippen molar-refractivity contribution in [3.8, 4) is 5.69 Å². The number of rotatable bonds is 3. The smallest absolute Gasteiger partial charge is 0.375 e. The van der Waals surface area contributed by atoms with Crippen LogP contribution < -0.4 is 5.56 Å². The summed E-state index contributed by atoms with van der Waals surface area (Å²) in [5.74, 6) is -0.645. The van der Waals surface area contributed by atoms with Crippen molar-refractivity contribution < 1.29 is 9.53 Å². The van der Waals surface area contributed by atoms with Gasteiger partial charge in [0, 0.05) is 4.47 Å². The summed E-state index contributed by atoms with van der Waals surface area (Å²) in [5.41, 5.74) is 1.62. The third-order valence-corrected chi connectivity index (χ3v) is 4.13. The number of fused-ring (bicyclic) bond motifs is 1. The molecule has 3 rings (SSSR count). The Kier molecular flexibility index (Phi) is 4.49. The van der Waals surface area contributed by atoms with Gasteiger partial charge in [0.2, 0.25) is 5.82 Å². The number of benzene rings is 2. The highest BCUT2D eigenvalue weighted by molar-refractivity contribution is 9.10. The van der Waals surface area contributed by atoms with Gasteiger partial charge in [0.15, 0.2) is 0 Å². The topological polar surface area (TPSA) is 61.2 Å². The molecule has 0 radical (unpaired) electrons. The molecule has 3 aromatic rings. The lowest BCUT2D eigenvalue weighted by molar-refractivity contribution is 0.0508. The van der Waals surface area contributed by atoms with E-state index in [1.807, 2.05) is 19.1 Å². The van der Waals surface area contributed by atoms with Crippen LogP contribution in [0.4, 0.5) is 0 Å². The predicted octanol–water partition coefficient (Wildman–Crippen LogP) is 3.63. The zero-order valence-electron chi connectivity index (χ0n) is 13.2. The quantitative estimate of drug-likeness (QED) is 0.644. The Hall–Kier alpha value is -2.47. The van der Waals surface area contributed by atoms with Crippen molar-refractivity contribution in [2.75, 3.05) is 6.61 Å². The van der Waals surface area contributed by atoms with Crippen LogP contribution >= 0.6 is 15.9 Å². The molecule has 6 heteroatoms. The van der Waals surface area contributed by atoms with Crippen molar-refractivity contribution in [2.45, 2.75) is 13.8 Å². The highest BCUT2D eigenvalue weighted by Crippen LogP contribution is 2.21. The normalized spacial score (nSPS) is 10.8. The lowest BCUT2D eigenvalue weighted by Gasteiger charge is -2.14. The Labute approximate surface area is 147 Å². The third-order valence-electron chi connectivity index (χ3n) is 3.63. The van der Waals surface area contributed by atoms with Crippen LogP contribution in [0.2, 0.25) is 0 Å². The number of esters is 1. The van der Waals surface area contributed by atoms with Crippen LogP contribution in [-0.4, -0.2) is 22.1 Å². The van der Waals surface area contributed by atoms with E-state index in [1.165, 1.54) is 4.57 Å². The Morgan fingerprint density at radius 3 is 2.71 bits per heavy atom. The van der Waals surface area contributed by atoms with Gasteiger partial charge >= 0.3 is 5.97 Å². The lowest BCUT2D eigenvalue weighted by Crippen LogP contribution is -2.28. The fourth-order valence-electron chi connectivity index (χ4n) is 2.56. The van der Waals surface area contributed by atoms with E-state index in [0.29, 0.717) is 16.6 Å². The molecule has 0 spiro atoms. The largest absolute Gasteiger partial charge is 0.460 e. The molecular formula is C18H15BrN2O3. The van der Waals surface area contributed by atoms with Gasteiger partial charge < -0.3 is 4.74 Å². The molecule has 0 aliphatic rings. The average molecular weight is 387 g/mol. The van der Waals surface area contributed by atoms with Crippen LogP contribution in [-0.2, 0) is 4.74 Å². The second-order valence-electron chi connectivity index (χ2n) is 5.24. The van der Waals surface area contributed by atoms with Crippen LogP contribution in [0.5, 0.6) is 0 Å². The first-order chi connectivity index (χ1) is 11.5. The number of hydrogen-bond donors (Lipinski definition) is 0. The Bertz CT molecular complexity index is 995. The van der Waals surface area contributed by atoms with Gasteiger partial charge in [-0.25, -0.2) is 9.78 Å². The van der Waals surface area contributed by atoms with Gasteiger partial charge in [-0.15, -0.1) is 0 Å². The Morgan fingerprint density at radius 1 is 1.25 bits per heavy atom. The first kappa shape index (κ1) is 16.4. The summed E-state index contributed by atoms with van der Waals surface area (Å²) in [4.78, 5) is 29.7. The summed E-state index contributed by atoms with van der Waals surface area (Å²) < 4.78 is 7.30. The van der Waals surface area contributed by atoms with E-state index in [2.05, 4.69) is 20.9 Å². The standard InChI is InChI=1S/C18H15BrN2O3/c1-3-24-18(23)16-20-14-7-5-4-6-13(14)17(22)21(16)15-9-8-12(19)10-11(15)2/h4-10H,3H2,1-2H3. The number of halogens is 1. The summed E-state index contributed by atoms with van der Waals surface area (Å²) in [6.07, 6.45) is 0. The van der Waals surface area contributed by atoms with E-state index in [-0.39, 0.29) is 18.0 Å². The van der Waals surface area contributed by atoms with Gasteiger partial charge in [0.25, 0.3) is 5.56 Å². The molecule has 5 nitrogen and oxygen atoms in total. The number of nitrogens with zero attached hydrogens (tertiary/aromatic N) is 2. The van der Waals surface area contributed by atoms with Gasteiger partial charge in [0.1, 0.15) is 0 Å². The highest BCUT2D eigenvalue weighted by atomic mass is 79.9. The van der Waals surface area contributed by atoms with E-state index in [4.69, 9.17) is 4.74 Å². The van der Waals surface area contributed by atoms with Gasteiger partial charge in [-0.1, -0.05) is 28.1 Å². The third kappa shape index (κ3) is 2.85. The van der Waals surface area contributed by atoms with Crippen molar-refractivity contribution in [1.82, 2.24) is 9.55 Å². The van der Waals surface area contributed by atoms with E-state index in [0.717, 1.165) is 10.0 Å². The molecule has 2 aromatic carbocycles. The summed E-state index contributed by atoms with van der Waals surface area (Å²) in [6.45, 7) is 3.80. The van der Waals surface area contributed by atoms with E-state index >= 15 is 0 Å². The number of aryl methyl sites for hydroxylation is 1. The molecule has 0 saturated carbocycles. The highest BCUT2D eigenvalue weighted by Gasteiger charge is 2.20. The summed E-state index contributed by atoms with van der Waals surface area (Å²) in [7, 11) is 0. The van der Waals surface area contributed by atoms with E-state index in [9.17, 15) is 9.59 Å². The SMILES string of the molecule is CCOC(=O)c1nc2ccccc2c(=O)n1-c1ccc(Br)cc1C. The molecule has 0 aliphatic heterocycles. The predicted molar refractivity (Wildman–Crippen MR) is 95.7 cm³/mol. The Morgan fingerprint density at radius 2 is 2.00 bits per heavy atom. The van der Waals surface area contributed by atoms with Crippen molar-refractivity contribution >= 4 is 32.8 Å². The second kappa shape index (κ2) is 6.57. The second-order valence-corrected chi connectivity index (χ2v) is 6.16. The minimum atomic E-state index is -0.623. The fraction of sp³-hybridized carbons (Fsp3) is 0.167. The average Bonchev–Trinajstić information content (AvgIpc) is 2.56. The van der Waals surface area contributed by atoms with Gasteiger partial charge in [0.05, 0.1) is 23.2 Å². The molecule has 0 atom stereocenters. The first-order valence-electron chi connectivity index (χ1n) is 7.48. The van der Waals surface area contributed by atoms with Gasteiger partial charge in [-0.05, 0) is 49.7 Å². The molecule has 0 N–H and O–H groups in total. The molecule has 0 fully saturated rings. The van der Waals surface area contributed by atoms with Crippen LogP contribution in [0.15, 0.2) is 51.7 Å².